The molecule has 2 heterocycles. The molecule has 2 atom stereocenters. The maximum atomic E-state index is 15.2. The number of pyridine rings is 1. The summed E-state index contributed by atoms with van der Waals surface area (Å²) >= 11 is 0. The summed E-state index contributed by atoms with van der Waals surface area (Å²) in [5, 5.41) is -0.195. The second-order valence-electron chi connectivity index (χ2n) is 7.80. The van der Waals surface area contributed by atoms with Gasteiger partial charge in [0.05, 0.1) is 24.7 Å². The Morgan fingerprint density at radius 1 is 1.32 bits per heavy atom. The highest BCUT2D eigenvalue weighted by molar-refractivity contribution is 6.38. The Bertz CT molecular complexity index is 1090. The number of benzene rings is 1. The van der Waals surface area contributed by atoms with Crippen LogP contribution in [0.5, 0.6) is 5.75 Å². The number of hydrogen-bond acceptors (Lipinski definition) is 6. The summed E-state index contributed by atoms with van der Waals surface area (Å²) in [7, 11) is -2.09. The first-order valence-corrected chi connectivity index (χ1v) is 9.77. The van der Waals surface area contributed by atoms with Crippen molar-refractivity contribution in [2.24, 2.45) is 11.7 Å². The summed E-state index contributed by atoms with van der Waals surface area (Å²) in [5.41, 5.74) is 4.68. The molecule has 1 saturated heterocycles. The molecule has 1 aliphatic heterocycles. The Hall–Kier alpha value is -2.76. The Morgan fingerprint density at radius 2 is 2.03 bits per heavy atom. The summed E-state index contributed by atoms with van der Waals surface area (Å²) < 4.78 is 64.4. The molecule has 1 aliphatic carbocycles. The SMILES string of the molecule is COc1c(N2CC(N)C(CF)C2)c(F)cc2c(=O)c(C(=O)OB(F)F)cn(C3CC3)c12. The van der Waals surface area contributed by atoms with E-state index in [1.807, 2.05) is 0 Å². The molecule has 12 heteroatoms. The van der Waals surface area contributed by atoms with Crippen LogP contribution in [0.2, 0.25) is 0 Å². The highest BCUT2D eigenvalue weighted by Crippen LogP contribution is 2.44. The largest absolute Gasteiger partial charge is 0.798 e. The van der Waals surface area contributed by atoms with Crippen LogP contribution >= 0.6 is 0 Å². The number of alkyl halides is 1. The number of nitrogens with zero attached hydrogens (tertiary/aromatic N) is 2. The predicted octanol–water partition coefficient (Wildman–Crippen LogP) is 2.30. The Balaban J connectivity index is 1.94. The number of nitrogens with two attached hydrogens (primary N) is 1. The lowest BCUT2D eigenvalue weighted by Crippen LogP contribution is -2.30. The number of rotatable bonds is 6. The van der Waals surface area contributed by atoms with E-state index in [9.17, 15) is 22.6 Å². The zero-order valence-corrected chi connectivity index (χ0v) is 16.6. The molecule has 31 heavy (non-hydrogen) atoms. The molecular weight excluding hydrogens is 421 g/mol. The molecule has 2 aliphatic rings. The molecule has 166 valence electrons. The van der Waals surface area contributed by atoms with Crippen molar-refractivity contribution in [1.82, 2.24) is 4.57 Å². The average Bonchev–Trinajstić information content (AvgIpc) is 3.49. The second-order valence-corrected chi connectivity index (χ2v) is 7.80. The zero-order chi connectivity index (χ0) is 22.4. The van der Waals surface area contributed by atoms with Crippen molar-refractivity contribution in [3.8, 4) is 5.75 Å². The summed E-state index contributed by atoms with van der Waals surface area (Å²) in [6.07, 6.45) is 2.59. The highest BCUT2D eigenvalue weighted by Gasteiger charge is 2.36. The number of aromatic nitrogens is 1. The minimum absolute atomic E-state index is 0.0399. The number of carbonyl (C=O) groups excluding carboxylic acids is 1. The van der Waals surface area contributed by atoms with E-state index in [1.165, 1.54) is 7.11 Å². The summed E-state index contributed by atoms with van der Waals surface area (Å²) in [6, 6.07) is 0.330. The number of methoxy groups -OCH3 is 1. The number of hydrogen-bond donors (Lipinski definition) is 1. The summed E-state index contributed by atoms with van der Waals surface area (Å²) in [6.45, 7) is -0.291. The first kappa shape index (κ1) is 21.5. The molecule has 2 N–H and O–H groups in total. The van der Waals surface area contributed by atoms with Crippen LogP contribution in [-0.4, -0.2) is 50.9 Å². The van der Waals surface area contributed by atoms with E-state index in [2.05, 4.69) is 4.65 Å². The molecule has 1 saturated carbocycles. The molecular formula is C19H20BF4N3O4. The Kier molecular flexibility index (Phi) is 5.59. The van der Waals surface area contributed by atoms with Gasteiger partial charge in [-0.05, 0) is 18.9 Å². The number of anilines is 1. The van der Waals surface area contributed by atoms with Gasteiger partial charge in [0.2, 0.25) is 5.43 Å². The smallest absolute Gasteiger partial charge is 0.492 e. The third-order valence-corrected chi connectivity index (χ3v) is 5.76. The average molecular weight is 441 g/mol. The number of carbonyl (C=O) groups is 1. The molecule has 2 aromatic rings. The minimum Gasteiger partial charge on any atom is -0.492 e. The van der Waals surface area contributed by atoms with E-state index in [4.69, 9.17) is 10.5 Å². The van der Waals surface area contributed by atoms with Crippen molar-refractivity contribution < 1.29 is 31.6 Å². The fraction of sp³-hybridized carbons (Fsp3) is 0.474. The Morgan fingerprint density at radius 3 is 2.58 bits per heavy atom. The molecule has 0 radical (unpaired) electrons. The van der Waals surface area contributed by atoms with Gasteiger partial charge in [0.15, 0.2) is 11.6 Å². The van der Waals surface area contributed by atoms with Gasteiger partial charge < -0.3 is 24.6 Å². The van der Waals surface area contributed by atoms with Crippen LogP contribution in [0.15, 0.2) is 17.1 Å². The van der Waals surface area contributed by atoms with E-state index in [0.29, 0.717) is 0 Å². The fourth-order valence-corrected chi connectivity index (χ4v) is 4.10. The van der Waals surface area contributed by atoms with E-state index >= 15 is 4.39 Å². The summed E-state index contributed by atoms with van der Waals surface area (Å²) in [5.74, 6) is -2.75. The van der Waals surface area contributed by atoms with Crippen molar-refractivity contribution in [1.29, 1.82) is 0 Å². The standard InChI is InChI=1S/C19H20BF4N3O4/c1-30-18-15-11(4-13(22)16(18)26-6-9(5-21)14(25)8-26)17(28)12(19(29)31-20(23)24)7-27(15)10-2-3-10/h4,7,9-10,14H,2-3,5-6,8,25H2,1H3. The molecule has 7 nitrogen and oxygen atoms in total. The van der Waals surface area contributed by atoms with Crippen LogP contribution in [-0.2, 0) is 4.65 Å². The predicted molar refractivity (Wildman–Crippen MR) is 106 cm³/mol. The van der Waals surface area contributed by atoms with Gasteiger partial charge in [-0.25, -0.2) is 17.8 Å². The topological polar surface area (TPSA) is 86.8 Å². The maximum Gasteiger partial charge on any atom is 0.798 e. The van der Waals surface area contributed by atoms with Gasteiger partial charge in [-0.2, -0.15) is 0 Å². The molecule has 1 aromatic carbocycles. The van der Waals surface area contributed by atoms with Crippen LogP contribution in [0.3, 0.4) is 0 Å². The first-order chi connectivity index (χ1) is 14.8. The molecule has 0 amide bonds. The first-order valence-electron chi connectivity index (χ1n) is 9.77. The van der Waals surface area contributed by atoms with Crippen molar-refractivity contribution in [3.05, 3.63) is 33.9 Å². The van der Waals surface area contributed by atoms with Gasteiger partial charge >= 0.3 is 13.4 Å². The highest BCUT2D eigenvalue weighted by atomic mass is 19.2. The molecule has 1 aromatic heterocycles. The summed E-state index contributed by atoms with van der Waals surface area (Å²) in [4.78, 5) is 26.5. The van der Waals surface area contributed by atoms with E-state index in [-0.39, 0.29) is 41.5 Å². The van der Waals surface area contributed by atoms with Crippen LogP contribution in [0.25, 0.3) is 10.9 Å². The van der Waals surface area contributed by atoms with Gasteiger partial charge in [0, 0.05) is 37.3 Å². The lowest BCUT2D eigenvalue weighted by molar-refractivity contribution is 0.0693. The van der Waals surface area contributed by atoms with Gasteiger partial charge in [0.25, 0.3) is 0 Å². The maximum absolute atomic E-state index is 15.2. The monoisotopic (exact) mass is 441 g/mol. The lowest BCUT2D eigenvalue weighted by Gasteiger charge is -2.24. The van der Waals surface area contributed by atoms with Crippen molar-refractivity contribution in [3.63, 3.8) is 0 Å². The third kappa shape index (κ3) is 3.73. The van der Waals surface area contributed by atoms with Crippen molar-refractivity contribution in [2.75, 3.05) is 31.8 Å². The fourth-order valence-electron chi connectivity index (χ4n) is 4.10. The van der Waals surface area contributed by atoms with Crippen LogP contribution in [0.4, 0.5) is 23.1 Å². The molecule has 2 unspecified atom stereocenters. The van der Waals surface area contributed by atoms with Gasteiger partial charge in [0.1, 0.15) is 11.3 Å². The number of fused-ring (bicyclic) bond motifs is 1. The molecule has 2 fully saturated rings. The third-order valence-electron chi connectivity index (χ3n) is 5.76. The quantitative estimate of drug-likeness (QED) is 0.547. The van der Waals surface area contributed by atoms with Crippen LogP contribution in [0, 0.1) is 11.7 Å². The number of ether oxygens (including phenoxy) is 1. The normalized spacial score (nSPS) is 20.9. The van der Waals surface area contributed by atoms with Gasteiger partial charge in [-0.3, -0.25) is 9.18 Å². The van der Waals surface area contributed by atoms with E-state index in [0.717, 1.165) is 25.1 Å². The molecule has 0 bridgehead atoms. The van der Waals surface area contributed by atoms with E-state index in [1.54, 1.807) is 9.47 Å². The van der Waals surface area contributed by atoms with Gasteiger partial charge in [-0.15, -0.1) is 0 Å². The minimum atomic E-state index is -3.39. The van der Waals surface area contributed by atoms with Gasteiger partial charge in [-0.1, -0.05) is 0 Å². The van der Waals surface area contributed by atoms with Crippen molar-refractivity contribution in [2.45, 2.75) is 24.9 Å². The van der Waals surface area contributed by atoms with Crippen molar-refractivity contribution >= 4 is 30.0 Å². The zero-order valence-electron chi connectivity index (χ0n) is 16.6. The number of halogens is 4. The lowest BCUT2D eigenvalue weighted by atomic mass is 10.1. The van der Waals surface area contributed by atoms with E-state index < -0.39 is 48.9 Å². The van der Waals surface area contributed by atoms with Crippen LogP contribution < -0.4 is 20.8 Å². The van der Waals surface area contributed by atoms with Crippen LogP contribution in [0.1, 0.15) is 29.2 Å². The molecule has 4 rings (SSSR count). The Labute approximate surface area is 174 Å². The second kappa shape index (κ2) is 8.06. The molecule has 0 spiro atoms.